The van der Waals surface area contributed by atoms with Crippen LogP contribution in [-0.4, -0.2) is 50.2 Å². The second kappa shape index (κ2) is 30.2. The minimum absolute atomic E-state index is 0.829. The normalized spacial score (nSPS) is 16.4. The first-order chi connectivity index (χ1) is 20.0. The standard InChI is InChI=1S/C15H22BN2.C12H26.C11H24/c1-17-11-3-5-14(17)9-7-13(16)8-10-15-6-4-12-18(15)2;1-3-5-7-9-11-12-10-8-6-4-2;1-3-5-7-9-11-10-8-6-4-2/h7-10H,3-6,11-12H2,1-2H3;3-12H2,1-2H3;3-11H2,1-2H3/q+1;;. The third kappa shape index (κ3) is 25.0. The lowest BCUT2D eigenvalue weighted by Crippen LogP contribution is -2.09. The lowest BCUT2D eigenvalue weighted by molar-refractivity contribution is -0.487. The molecule has 3 heteroatoms. The highest BCUT2D eigenvalue weighted by atomic mass is 15.1. The molecule has 0 atom stereocenters. The van der Waals surface area contributed by atoms with Crippen LogP contribution in [0.25, 0.3) is 0 Å². The number of hydrogen-bond donors (Lipinski definition) is 0. The Kier molecular flexibility index (Phi) is 29.3. The van der Waals surface area contributed by atoms with Gasteiger partial charge in [0.1, 0.15) is 21.4 Å². The molecule has 0 spiro atoms. The summed E-state index contributed by atoms with van der Waals surface area (Å²) in [7, 11) is 10.3. The molecule has 0 aromatic heterocycles. The molecule has 2 aliphatic heterocycles. The van der Waals surface area contributed by atoms with E-state index in [0.717, 1.165) is 18.6 Å². The first kappa shape index (κ1) is 39.8. The Labute approximate surface area is 260 Å². The molecule has 236 valence electrons. The summed E-state index contributed by atoms with van der Waals surface area (Å²) in [5.74, 6) is 0. The monoisotopic (exact) mass is 568 g/mol. The average molecular weight is 568 g/mol. The van der Waals surface area contributed by atoms with Crippen LogP contribution in [0.3, 0.4) is 0 Å². The molecule has 2 nitrogen and oxygen atoms in total. The topological polar surface area (TPSA) is 6.25 Å². The minimum atomic E-state index is 0.829. The molecule has 2 heterocycles. The molecule has 0 saturated carbocycles. The highest BCUT2D eigenvalue weighted by Crippen LogP contribution is 2.18. The third-order valence-corrected chi connectivity index (χ3v) is 8.43. The Bertz CT molecular complexity index is 685. The van der Waals surface area contributed by atoms with Gasteiger partial charge in [0.2, 0.25) is 0 Å². The minimum Gasteiger partial charge on any atom is -0.378 e. The lowest BCUT2D eigenvalue weighted by atomic mass is 9.94. The summed E-state index contributed by atoms with van der Waals surface area (Å²) in [6.07, 6.45) is 40.6. The molecule has 0 N–H and O–H groups in total. The van der Waals surface area contributed by atoms with Gasteiger partial charge in [-0.05, 0) is 18.9 Å². The maximum Gasteiger partial charge on any atom is 0.175 e. The van der Waals surface area contributed by atoms with Crippen molar-refractivity contribution in [1.82, 2.24) is 4.90 Å². The van der Waals surface area contributed by atoms with Crippen LogP contribution in [0.2, 0.25) is 0 Å². The van der Waals surface area contributed by atoms with Gasteiger partial charge in [-0.15, -0.1) is 0 Å². The van der Waals surface area contributed by atoms with Crippen LogP contribution in [0.4, 0.5) is 0 Å². The molecule has 2 rings (SSSR count). The Morgan fingerprint density at radius 3 is 1.46 bits per heavy atom. The van der Waals surface area contributed by atoms with E-state index in [4.69, 9.17) is 7.85 Å². The van der Waals surface area contributed by atoms with Crippen molar-refractivity contribution in [2.75, 3.05) is 27.2 Å². The second-order valence-corrected chi connectivity index (χ2v) is 12.5. The van der Waals surface area contributed by atoms with Gasteiger partial charge in [0, 0.05) is 38.2 Å². The van der Waals surface area contributed by atoms with Crippen molar-refractivity contribution in [2.45, 2.75) is 175 Å². The maximum absolute atomic E-state index is 6.00. The summed E-state index contributed by atoms with van der Waals surface area (Å²) in [6.45, 7) is 11.4. The lowest BCUT2D eigenvalue weighted by Gasteiger charge is -2.11. The molecule has 0 aromatic carbocycles. The fourth-order valence-electron chi connectivity index (χ4n) is 5.47. The van der Waals surface area contributed by atoms with Gasteiger partial charge >= 0.3 is 0 Å². The van der Waals surface area contributed by atoms with E-state index in [1.54, 1.807) is 0 Å². The molecule has 41 heavy (non-hydrogen) atoms. The molecule has 0 amide bonds. The second-order valence-electron chi connectivity index (χ2n) is 12.5. The number of likely N-dealkylation sites (tertiary alicyclic amines) is 1. The quantitative estimate of drug-likeness (QED) is 0.0614. The SMILES string of the molecule is CCCCCCCCCCC.CCCCCCCCCCCC.[B]/C(C=CC1=[N+](C)CCC1)=C\C=C1CCCN1C. The van der Waals surface area contributed by atoms with Gasteiger partial charge in [-0.3, -0.25) is 0 Å². The number of allylic oxidation sites excluding steroid dienone is 6. The van der Waals surface area contributed by atoms with Crippen molar-refractivity contribution < 1.29 is 4.58 Å². The van der Waals surface area contributed by atoms with Gasteiger partial charge in [0.15, 0.2) is 5.71 Å². The molecule has 0 bridgehead atoms. The Balaban J connectivity index is 0.000000615. The van der Waals surface area contributed by atoms with Crippen LogP contribution in [0, 0.1) is 0 Å². The summed E-state index contributed by atoms with van der Waals surface area (Å²) >= 11 is 0. The smallest absolute Gasteiger partial charge is 0.175 e. The summed E-state index contributed by atoms with van der Waals surface area (Å²) in [5.41, 5.74) is 3.60. The van der Waals surface area contributed by atoms with Gasteiger partial charge < -0.3 is 4.90 Å². The molecular formula is C38H72BN2+. The summed E-state index contributed by atoms with van der Waals surface area (Å²) in [5, 5.41) is 0. The highest BCUT2D eigenvalue weighted by molar-refractivity contribution is 6.23. The molecule has 0 aliphatic carbocycles. The highest BCUT2D eigenvalue weighted by Gasteiger charge is 2.15. The van der Waals surface area contributed by atoms with Gasteiger partial charge in [0.05, 0.1) is 0 Å². The van der Waals surface area contributed by atoms with Gasteiger partial charge in [0.25, 0.3) is 0 Å². The van der Waals surface area contributed by atoms with Crippen molar-refractivity contribution in [1.29, 1.82) is 0 Å². The molecule has 1 saturated heterocycles. The number of hydrogen-bond acceptors (Lipinski definition) is 1. The zero-order valence-electron chi connectivity index (χ0n) is 29.0. The number of unbranched alkanes of at least 4 members (excludes halogenated alkanes) is 17. The largest absolute Gasteiger partial charge is 0.378 e. The molecule has 0 unspecified atom stereocenters. The van der Waals surface area contributed by atoms with E-state index in [9.17, 15) is 0 Å². The number of nitrogens with zero attached hydrogens (tertiary/aromatic N) is 2. The fourth-order valence-corrected chi connectivity index (χ4v) is 5.47. The van der Waals surface area contributed by atoms with Crippen molar-refractivity contribution in [3.8, 4) is 0 Å². The Hall–Kier alpha value is -1.25. The molecule has 0 aromatic rings. The van der Waals surface area contributed by atoms with E-state index < -0.39 is 0 Å². The zero-order chi connectivity index (χ0) is 30.4. The van der Waals surface area contributed by atoms with Crippen LogP contribution in [0.5, 0.6) is 0 Å². The maximum atomic E-state index is 6.00. The average Bonchev–Trinajstić information content (AvgIpc) is 3.59. The van der Waals surface area contributed by atoms with Crippen molar-refractivity contribution >= 4 is 13.6 Å². The third-order valence-electron chi connectivity index (χ3n) is 8.43. The van der Waals surface area contributed by atoms with E-state index >= 15 is 0 Å². The van der Waals surface area contributed by atoms with E-state index in [1.807, 2.05) is 12.2 Å². The zero-order valence-corrected chi connectivity index (χ0v) is 29.0. The van der Waals surface area contributed by atoms with Crippen LogP contribution >= 0.6 is 0 Å². The van der Waals surface area contributed by atoms with Crippen molar-refractivity contribution in [2.24, 2.45) is 0 Å². The Morgan fingerprint density at radius 2 is 1.12 bits per heavy atom. The van der Waals surface area contributed by atoms with Gasteiger partial charge in [-0.2, -0.15) is 0 Å². The van der Waals surface area contributed by atoms with Crippen molar-refractivity contribution in [3.05, 3.63) is 35.5 Å². The van der Waals surface area contributed by atoms with Crippen LogP contribution in [0.15, 0.2) is 35.5 Å². The summed E-state index contributed by atoms with van der Waals surface area (Å²) in [6, 6.07) is 0. The molecule has 2 aliphatic rings. The van der Waals surface area contributed by atoms with Crippen LogP contribution < -0.4 is 0 Å². The first-order valence-corrected chi connectivity index (χ1v) is 18.1. The summed E-state index contributed by atoms with van der Waals surface area (Å²) in [4.78, 5) is 2.30. The van der Waals surface area contributed by atoms with Gasteiger partial charge in [-0.25, -0.2) is 4.58 Å². The van der Waals surface area contributed by atoms with Crippen LogP contribution in [-0.2, 0) is 0 Å². The van der Waals surface area contributed by atoms with Crippen LogP contribution in [0.1, 0.15) is 175 Å². The number of rotatable bonds is 20. The Morgan fingerprint density at radius 1 is 0.683 bits per heavy atom. The molecule has 1 fully saturated rings. The van der Waals surface area contributed by atoms with Crippen molar-refractivity contribution in [3.63, 3.8) is 0 Å². The first-order valence-electron chi connectivity index (χ1n) is 18.1. The van der Waals surface area contributed by atoms with E-state index in [2.05, 4.69) is 63.4 Å². The van der Waals surface area contributed by atoms with E-state index in [0.29, 0.717) is 0 Å². The summed E-state index contributed by atoms with van der Waals surface area (Å²) < 4.78 is 2.30. The molecule has 2 radical (unpaired) electrons. The predicted molar refractivity (Wildman–Crippen MR) is 189 cm³/mol. The molecular weight excluding hydrogens is 495 g/mol. The fraction of sp³-hybridized carbons (Fsp3) is 0.816. The van der Waals surface area contributed by atoms with E-state index in [-0.39, 0.29) is 0 Å². The van der Waals surface area contributed by atoms with Gasteiger partial charge in [-0.1, -0.05) is 167 Å². The predicted octanol–water partition coefficient (Wildman–Crippen LogP) is 11.5. The van der Waals surface area contributed by atoms with E-state index in [1.165, 1.54) is 159 Å².